The van der Waals surface area contributed by atoms with Crippen molar-refractivity contribution >= 4 is 11.6 Å². The average Bonchev–Trinajstić information content (AvgIpc) is 3.16. The fourth-order valence-electron chi connectivity index (χ4n) is 2.14. The molecule has 1 saturated carbocycles. The van der Waals surface area contributed by atoms with Gasteiger partial charge in [0.1, 0.15) is 6.54 Å². The fraction of sp³-hybridized carbons (Fsp3) is 0.500. The molecule has 20 heavy (non-hydrogen) atoms. The maximum absolute atomic E-state index is 12.5. The monoisotopic (exact) mass is 286 g/mol. The third-order valence-corrected chi connectivity index (χ3v) is 3.24. The molecular formula is C14H17F3N2O. The Morgan fingerprint density at radius 1 is 1.35 bits per heavy atom. The summed E-state index contributed by atoms with van der Waals surface area (Å²) in [4.78, 5) is 12.9. The fourth-order valence-corrected chi connectivity index (χ4v) is 2.14. The number of nitrogens with zero attached hydrogens (tertiary/aromatic N) is 1. The predicted octanol–water partition coefficient (Wildman–Crippen LogP) is 2.75. The molecule has 0 unspecified atom stereocenters. The highest BCUT2D eigenvalue weighted by Crippen LogP contribution is 2.30. The van der Waals surface area contributed by atoms with Crippen LogP contribution in [0.2, 0.25) is 0 Å². The standard InChI is InChI=1S/C14H17F3N2O/c15-14(16,17)9-19(12-5-6-12)13(20)7-4-10-2-1-3-11(18)8-10/h1-3,8,12H,4-7,9,18H2. The van der Waals surface area contributed by atoms with Crippen molar-refractivity contribution in [2.75, 3.05) is 12.3 Å². The van der Waals surface area contributed by atoms with E-state index in [-0.39, 0.29) is 12.5 Å². The highest BCUT2D eigenvalue weighted by molar-refractivity contribution is 5.77. The van der Waals surface area contributed by atoms with Crippen molar-refractivity contribution in [2.24, 2.45) is 0 Å². The third kappa shape index (κ3) is 4.43. The van der Waals surface area contributed by atoms with Crippen molar-refractivity contribution < 1.29 is 18.0 Å². The Bertz CT molecular complexity index is 484. The molecule has 2 N–H and O–H groups in total. The second-order valence-electron chi connectivity index (χ2n) is 5.11. The number of nitrogens with two attached hydrogens (primary N) is 1. The number of carbonyl (C=O) groups is 1. The van der Waals surface area contributed by atoms with Gasteiger partial charge in [0, 0.05) is 18.2 Å². The van der Waals surface area contributed by atoms with Crippen LogP contribution in [-0.4, -0.2) is 29.6 Å². The molecule has 1 aromatic carbocycles. The lowest BCUT2D eigenvalue weighted by Crippen LogP contribution is -2.40. The quantitative estimate of drug-likeness (QED) is 0.846. The zero-order chi connectivity index (χ0) is 14.8. The summed E-state index contributed by atoms with van der Waals surface area (Å²) < 4.78 is 37.4. The van der Waals surface area contributed by atoms with Gasteiger partial charge in [-0.3, -0.25) is 4.79 Å². The molecule has 110 valence electrons. The molecule has 0 spiro atoms. The minimum absolute atomic E-state index is 0.0794. The molecule has 0 aromatic heterocycles. The summed E-state index contributed by atoms with van der Waals surface area (Å²) in [5.74, 6) is -0.438. The Morgan fingerprint density at radius 2 is 2.05 bits per heavy atom. The molecule has 1 aromatic rings. The minimum atomic E-state index is -4.34. The van der Waals surface area contributed by atoms with E-state index in [0.717, 1.165) is 10.5 Å². The molecule has 6 heteroatoms. The zero-order valence-corrected chi connectivity index (χ0v) is 11.0. The molecule has 0 radical (unpaired) electrons. The summed E-state index contributed by atoms with van der Waals surface area (Å²) in [6, 6.07) is 6.81. The van der Waals surface area contributed by atoms with E-state index < -0.39 is 18.6 Å². The normalized spacial score (nSPS) is 15.2. The zero-order valence-electron chi connectivity index (χ0n) is 11.0. The van der Waals surface area contributed by atoms with Crippen LogP contribution in [0, 0.1) is 0 Å². The molecule has 1 fully saturated rings. The second-order valence-corrected chi connectivity index (χ2v) is 5.11. The first-order valence-corrected chi connectivity index (χ1v) is 6.56. The Kier molecular flexibility index (Phi) is 4.20. The maximum Gasteiger partial charge on any atom is 0.406 e. The molecule has 0 saturated heterocycles. The number of amides is 1. The molecule has 3 nitrogen and oxygen atoms in total. The number of nitrogen functional groups attached to an aromatic ring is 1. The molecule has 0 heterocycles. The highest BCUT2D eigenvalue weighted by atomic mass is 19.4. The number of hydrogen-bond acceptors (Lipinski definition) is 2. The van der Waals surface area contributed by atoms with Gasteiger partial charge in [0.15, 0.2) is 0 Å². The van der Waals surface area contributed by atoms with Crippen LogP contribution in [-0.2, 0) is 11.2 Å². The Labute approximate surface area is 115 Å². The summed E-state index contributed by atoms with van der Waals surface area (Å²) in [5.41, 5.74) is 7.07. The van der Waals surface area contributed by atoms with Gasteiger partial charge in [-0.15, -0.1) is 0 Å². The average molecular weight is 286 g/mol. The van der Waals surface area contributed by atoms with Gasteiger partial charge >= 0.3 is 6.18 Å². The maximum atomic E-state index is 12.5. The minimum Gasteiger partial charge on any atom is -0.399 e. The van der Waals surface area contributed by atoms with Crippen LogP contribution in [0.3, 0.4) is 0 Å². The lowest BCUT2D eigenvalue weighted by atomic mass is 10.1. The summed E-state index contributed by atoms with van der Waals surface area (Å²) in [6.07, 6.45) is -2.52. The number of benzene rings is 1. The Hall–Kier alpha value is -1.72. The van der Waals surface area contributed by atoms with Crippen LogP contribution in [0.1, 0.15) is 24.8 Å². The summed E-state index contributed by atoms with van der Waals surface area (Å²) in [6.45, 7) is -1.15. The summed E-state index contributed by atoms with van der Waals surface area (Å²) in [5, 5.41) is 0. The number of rotatable bonds is 5. The van der Waals surface area contributed by atoms with Crippen LogP contribution in [0.4, 0.5) is 18.9 Å². The van der Waals surface area contributed by atoms with E-state index in [2.05, 4.69) is 0 Å². The van der Waals surface area contributed by atoms with Gasteiger partial charge in [-0.2, -0.15) is 13.2 Å². The van der Waals surface area contributed by atoms with Gasteiger partial charge in [0.2, 0.25) is 5.91 Å². The number of alkyl halides is 3. The van der Waals surface area contributed by atoms with Gasteiger partial charge in [-0.1, -0.05) is 12.1 Å². The molecule has 0 atom stereocenters. The second kappa shape index (κ2) is 5.73. The van der Waals surface area contributed by atoms with E-state index in [9.17, 15) is 18.0 Å². The number of aryl methyl sites for hydroxylation is 1. The van der Waals surface area contributed by atoms with E-state index in [0.29, 0.717) is 24.9 Å². The van der Waals surface area contributed by atoms with Crippen molar-refractivity contribution in [3.8, 4) is 0 Å². The van der Waals surface area contributed by atoms with Gasteiger partial charge < -0.3 is 10.6 Å². The lowest BCUT2D eigenvalue weighted by Gasteiger charge is -2.23. The molecular weight excluding hydrogens is 269 g/mol. The van der Waals surface area contributed by atoms with Crippen molar-refractivity contribution in [2.45, 2.75) is 37.9 Å². The van der Waals surface area contributed by atoms with Gasteiger partial charge in [0.05, 0.1) is 0 Å². The number of carbonyl (C=O) groups excluding carboxylic acids is 1. The van der Waals surface area contributed by atoms with E-state index in [4.69, 9.17) is 5.73 Å². The van der Waals surface area contributed by atoms with E-state index in [1.807, 2.05) is 6.07 Å². The number of anilines is 1. The molecule has 1 aliphatic carbocycles. The Balaban J connectivity index is 1.92. The summed E-state index contributed by atoms with van der Waals surface area (Å²) >= 11 is 0. The van der Waals surface area contributed by atoms with Crippen LogP contribution >= 0.6 is 0 Å². The topological polar surface area (TPSA) is 46.3 Å². The first kappa shape index (κ1) is 14.7. The van der Waals surface area contributed by atoms with Crippen LogP contribution in [0.5, 0.6) is 0 Å². The first-order valence-electron chi connectivity index (χ1n) is 6.56. The molecule has 2 rings (SSSR count). The number of halogens is 3. The van der Waals surface area contributed by atoms with Gasteiger partial charge in [-0.25, -0.2) is 0 Å². The van der Waals surface area contributed by atoms with E-state index in [1.165, 1.54) is 0 Å². The summed E-state index contributed by atoms with van der Waals surface area (Å²) in [7, 11) is 0. The van der Waals surface area contributed by atoms with Crippen molar-refractivity contribution in [3.05, 3.63) is 29.8 Å². The molecule has 1 amide bonds. The smallest absolute Gasteiger partial charge is 0.399 e. The van der Waals surface area contributed by atoms with Crippen LogP contribution in [0.15, 0.2) is 24.3 Å². The largest absolute Gasteiger partial charge is 0.406 e. The first-order chi connectivity index (χ1) is 9.35. The van der Waals surface area contributed by atoms with E-state index >= 15 is 0 Å². The van der Waals surface area contributed by atoms with Gasteiger partial charge in [0.25, 0.3) is 0 Å². The molecule has 0 bridgehead atoms. The predicted molar refractivity (Wildman–Crippen MR) is 70.0 cm³/mol. The highest BCUT2D eigenvalue weighted by Gasteiger charge is 2.40. The molecule has 0 aliphatic heterocycles. The van der Waals surface area contributed by atoms with Crippen molar-refractivity contribution in [1.82, 2.24) is 4.90 Å². The van der Waals surface area contributed by atoms with Crippen LogP contribution < -0.4 is 5.73 Å². The SMILES string of the molecule is Nc1cccc(CCC(=O)N(CC(F)(F)F)C2CC2)c1. The van der Waals surface area contributed by atoms with Gasteiger partial charge in [-0.05, 0) is 37.0 Å². The molecule has 1 aliphatic rings. The lowest BCUT2D eigenvalue weighted by molar-refractivity contribution is -0.162. The van der Waals surface area contributed by atoms with Crippen molar-refractivity contribution in [1.29, 1.82) is 0 Å². The third-order valence-electron chi connectivity index (χ3n) is 3.24. The van der Waals surface area contributed by atoms with Crippen LogP contribution in [0.25, 0.3) is 0 Å². The van der Waals surface area contributed by atoms with E-state index in [1.54, 1.807) is 18.2 Å². The van der Waals surface area contributed by atoms with Crippen molar-refractivity contribution in [3.63, 3.8) is 0 Å². The number of hydrogen-bond donors (Lipinski definition) is 1. The Morgan fingerprint density at radius 3 is 2.60 bits per heavy atom.